The van der Waals surface area contributed by atoms with Gasteiger partial charge in [-0.3, -0.25) is 9.59 Å². The maximum Gasteiger partial charge on any atom is 0.387 e. The van der Waals surface area contributed by atoms with Crippen molar-refractivity contribution in [2.24, 2.45) is 0 Å². The Balaban J connectivity index is 1.83. The van der Waals surface area contributed by atoms with Crippen molar-refractivity contribution in [2.45, 2.75) is 20.5 Å². The lowest BCUT2D eigenvalue weighted by atomic mass is 10.1. The molecule has 2 aromatic rings. The number of hydrogen-bond donors (Lipinski definition) is 2. The highest BCUT2D eigenvalue weighted by molar-refractivity contribution is 5.98. The molecule has 2 amide bonds. The van der Waals surface area contributed by atoms with Crippen LogP contribution in [-0.2, 0) is 9.59 Å². The number of benzene rings is 2. The molecule has 27 heavy (non-hydrogen) atoms. The first-order chi connectivity index (χ1) is 12.8. The summed E-state index contributed by atoms with van der Waals surface area (Å²) in [6.07, 6.45) is 2.76. The zero-order valence-electron chi connectivity index (χ0n) is 15.0. The molecule has 0 aliphatic heterocycles. The highest BCUT2D eigenvalue weighted by Gasteiger charge is 2.08. The molecule has 0 heterocycles. The molecular formula is C20H20F2N2O3. The Morgan fingerprint density at radius 1 is 1.07 bits per heavy atom. The van der Waals surface area contributed by atoms with E-state index in [4.69, 9.17) is 0 Å². The van der Waals surface area contributed by atoms with Crippen LogP contribution in [0.2, 0.25) is 0 Å². The summed E-state index contributed by atoms with van der Waals surface area (Å²) < 4.78 is 28.4. The average Bonchev–Trinajstić information content (AvgIpc) is 2.62. The van der Waals surface area contributed by atoms with E-state index in [0.717, 1.165) is 16.8 Å². The van der Waals surface area contributed by atoms with Crippen LogP contribution in [0.15, 0.2) is 48.5 Å². The Labute approximate surface area is 156 Å². The lowest BCUT2D eigenvalue weighted by molar-refractivity contribution is -0.121. The molecule has 2 aromatic carbocycles. The largest absolute Gasteiger partial charge is 0.435 e. The van der Waals surface area contributed by atoms with Gasteiger partial charge < -0.3 is 15.4 Å². The van der Waals surface area contributed by atoms with Gasteiger partial charge in [-0.25, -0.2) is 0 Å². The van der Waals surface area contributed by atoms with E-state index in [-0.39, 0.29) is 18.2 Å². The maximum absolute atomic E-state index is 12.1. The van der Waals surface area contributed by atoms with Crippen molar-refractivity contribution in [1.82, 2.24) is 5.32 Å². The number of rotatable bonds is 7. The molecular weight excluding hydrogens is 354 g/mol. The minimum absolute atomic E-state index is 0.0368. The smallest absolute Gasteiger partial charge is 0.387 e. The van der Waals surface area contributed by atoms with Crippen LogP contribution in [0.25, 0.3) is 6.08 Å². The molecule has 0 aliphatic rings. The number of aryl methyl sites for hydroxylation is 2. The van der Waals surface area contributed by atoms with Crippen LogP contribution in [0.3, 0.4) is 0 Å². The molecule has 0 spiro atoms. The summed E-state index contributed by atoms with van der Waals surface area (Å²) >= 11 is 0. The number of nitrogens with one attached hydrogen (secondary N) is 2. The molecule has 0 aliphatic carbocycles. The van der Waals surface area contributed by atoms with Gasteiger partial charge in [-0.15, -0.1) is 0 Å². The number of alkyl halides is 2. The number of para-hydroxylation sites is 1. The van der Waals surface area contributed by atoms with E-state index in [9.17, 15) is 18.4 Å². The third-order valence-electron chi connectivity index (χ3n) is 3.70. The number of anilines is 1. The van der Waals surface area contributed by atoms with Crippen LogP contribution in [0.1, 0.15) is 16.7 Å². The quantitative estimate of drug-likeness (QED) is 0.727. The van der Waals surface area contributed by atoms with Gasteiger partial charge >= 0.3 is 6.61 Å². The lowest BCUT2D eigenvalue weighted by Crippen LogP contribution is -2.32. The van der Waals surface area contributed by atoms with Crippen molar-refractivity contribution in [2.75, 3.05) is 11.9 Å². The van der Waals surface area contributed by atoms with Crippen LogP contribution < -0.4 is 15.4 Å². The molecule has 0 fully saturated rings. The molecule has 0 atom stereocenters. The number of carbonyl (C=O) groups is 2. The molecule has 2 N–H and O–H groups in total. The molecule has 0 unspecified atom stereocenters. The van der Waals surface area contributed by atoms with Gasteiger partial charge in [-0.1, -0.05) is 30.3 Å². The second kappa shape index (κ2) is 9.47. The Morgan fingerprint density at radius 2 is 1.70 bits per heavy atom. The minimum Gasteiger partial charge on any atom is -0.435 e. The molecule has 0 saturated heterocycles. The summed E-state index contributed by atoms with van der Waals surface area (Å²) in [6.45, 7) is 0.730. The van der Waals surface area contributed by atoms with Crippen molar-refractivity contribution >= 4 is 23.6 Å². The Kier molecular flexibility index (Phi) is 7.05. The third kappa shape index (κ3) is 6.54. The van der Waals surface area contributed by atoms with Gasteiger partial charge in [0.25, 0.3) is 0 Å². The van der Waals surface area contributed by atoms with Gasteiger partial charge in [-0.05, 0) is 48.7 Å². The maximum atomic E-state index is 12.1. The van der Waals surface area contributed by atoms with Gasteiger partial charge in [0.2, 0.25) is 11.8 Å². The first kappa shape index (κ1) is 20.1. The summed E-state index contributed by atoms with van der Waals surface area (Å²) in [5.41, 5.74) is 3.24. The van der Waals surface area contributed by atoms with E-state index in [0.29, 0.717) is 5.56 Å². The monoisotopic (exact) mass is 374 g/mol. The highest BCUT2D eigenvalue weighted by Crippen LogP contribution is 2.19. The van der Waals surface area contributed by atoms with E-state index in [1.807, 2.05) is 32.0 Å². The molecule has 0 radical (unpaired) electrons. The molecule has 0 aromatic heterocycles. The molecule has 2 rings (SSSR count). The number of carbonyl (C=O) groups excluding carboxylic acids is 2. The predicted octanol–water partition coefficient (Wildman–Crippen LogP) is 3.67. The van der Waals surface area contributed by atoms with E-state index in [2.05, 4.69) is 15.4 Å². The van der Waals surface area contributed by atoms with E-state index < -0.39 is 12.5 Å². The van der Waals surface area contributed by atoms with Crippen LogP contribution in [0.5, 0.6) is 5.75 Å². The number of hydrogen-bond acceptors (Lipinski definition) is 3. The topological polar surface area (TPSA) is 67.4 Å². The predicted molar refractivity (Wildman–Crippen MR) is 99.7 cm³/mol. The van der Waals surface area contributed by atoms with Crippen LogP contribution in [0, 0.1) is 13.8 Å². The molecule has 5 nitrogen and oxygen atoms in total. The average molecular weight is 374 g/mol. The van der Waals surface area contributed by atoms with Crippen molar-refractivity contribution in [3.8, 4) is 5.75 Å². The van der Waals surface area contributed by atoms with Gasteiger partial charge in [-0.2, -0.15) is 8.78 Å². The molecule has 7 heteroatoms. The zero-order chi connectivity index (χ0) is 19.8. The van der Waals surface area contributed by atoms with E-state index in [1.165, 1.54) is 36.4 Å². The fourth-order valence-electron chi connectivity index (χ4n) is 2.35. The van der Waals surface area contributed by atoms with Gasteiger partial charge in [0.05, 0.1) is 6.54 Å². The molecule has 0 bridgehead atoms. The second-order valence-electron chi connectivity index (χ2n) is 5.81. The van der Waals surface area contributed by atoms with Crippen LogP contribution in [-0.4, -0.2) is 25.0 Å². The first-order valence-electron chi connectivity index (χ1n) is 8.22. The van der Waals surface area contributed by atoms with Crippen LogP contribution in [0.4, 0.5) is 14.5 Å². The number of halogens is 2. The second-order valence-corrected chi connectivity index (χ2v) is 5.81. The highest BCUT2D eigenvalue weighted by atomic mass is 19.3. The lowest BCUT2D eigenvalue weighted by Gasteiger charge is -2.11. The summed E-state index contributed by atoms with van der Waals surface area (Å²) in [7, 11) is 0. The molecule has 142 valence electrons. The van der Waals surface area contributed by atoms with Crippen molar-refractivity contribution < 1.29 is 23.1 Å². The Morgan fingerprint density at radius 3 is 2.30 bits per heavy atom. The van der Waals surface area contributed by atoms with Gasteiger partial charge in [0.1, 0.15) is 5.75 Å². The number of ether oxygens (including phenoxy) is 1. The van der Waals surface area contributed by atoms with Crippen molar-refractivity contribution in [3.05, 3.63) is 65.2 Å². The Hall–Kier alpha value is -3.22. The first-order valence-corrected chi connectivity index (χ1v) is 8.22. The summed E-state index contributed by atoms with van der Waals surface area (Å²) in [5, 5.41) is 5.26. The van der Waals surface area contributed by atoms with Crippen LogP contribution >= 0.6 is 0 Å². The van der Waals surface area contributed by atoms with Gasteiger partial charge in [0.15, 0.2) is 0 Å². The zero-order valence-corrected chi connectivity index (χ0v) is 15.0. The summed E-state index contributed by atoms with van der Waals surface area (Å²) in [4.78, 5) is 23.8. The normalized spacial score (nSPS) is 10.9. The van der Waals surface area contributed by atoms with E-state index >= 15 is 0 Å². The standard InChI is InChI=1S/C20H20F2N2O3/c1-13-4-3-5-14(2)19(13)24-18(26)12-23-17(25)11-8-15-6-9-16(10-7-15)27-20(21)22/h3-11,20H,12H2,1-2H3,(H,23,25)(H,24,26)/b11-8+. The SMILES string of the molecule is Cc1cccc(C)c1NC(=O)CNC(=O)/C=C/c1ccc(OC(F)F)cc1. The van der Waals surface area contributed by atoms with Gasteiger partial charge in [0, 0.05) is 11.8 Å². The fraction of sp³-hybridized carbons (Fsp3) is 0.200. The fourth-order valence-corrected chi connectivity index (χ4v) is 2.35. The number of amides is 2. The van der Waals surface area contributed by atoms with E-state index in [1.54, 1.807) is 0 Å². The van der Waals surface area contributed by atoms with Crippen molar-refractivity contribution in [3.63, 3.8) is 0 Å². The third-order valence-corrected chi connectivity index (χ3v) is 3.70. The molecule has 0 saturated carbocycles. The van der Waals surface area contributed by atoms with Crippen molar-refractivity contribution in [1.29, 1.82) is 0 Å². The minimum atomic E-state index is -2.88. The summed E-state index contributed by atoms with van der Waals surface area (Å²) in [6, 6.07) is 11.5. The Bertz CT molecular complexity index is 813. The summed E-state index contributed by atoms with van der Waals surface area (Å²) in [5.74, 6) is -0.739.